The minimum absolute atomic E-state index is 0.0611. The van der Waals surface area contributed by atoms with E-state index in [-0.39, 0.29) is 12.0 Å². The van der Waals surface area contributed by atoms with E-state index < -0.39 is 0 Å². The molecule has 0 amide bonds. The van der Waals surface area contributed by atoms with Crippen molar-refractivity contribution in [3.63, 3.8) is 0 Å². The van der Waals surface area contributed by atoms with Crippen LogP contribution in [0, 0.1) is 6.92 Å². The summed E-state index contributed by atoms with van der Waals surface area (Å²) in [6.45, 7) is 8.60. The number of rotatable bonds is 3. The zero-order chi connectivity index (χ0) is 14.8. The SMILES string of the molecule is Cc1cc(Oc2cccc(C(C)(C)C)c2)ccc1CO. The molecule has 0 aromatic heterocycles. The van der Waals surface area contributed by atoms with E-state index in [0.717, 1.165) is 22.6 Å². The van der Waals surface area contributed by atoms with E-state index in [0.29, 0.717) is 0 Å². The lowest BCUT2D eigenvalue weighted by Crippen LogP contribution is -2.10. The van der Waals surface area contributed by atoms with Gasteiger partial charge in [-0.25, -0.2) is 0 Å². The first-order chi connectivity index (χ1) is 9.40. The van der Waals surface area contributed by atoms with E-state index in [1.165, 1.54) is 5.56 Å². The van der Waals surface area contributed by atoms with Crippen LogP contribution in [0.4, 0.5) is 0 Å². The molecule has 0 saturated heterocycles. The Morgan fingerprint density at radius 3 is 2.30 bits per heavy atom. The molecular weight excluding hydrogens is 248 g/mol. The lowest BCUT2D eigenvalue weighted by molar-refractivity contribution is 0.281. The maximum Gasteiger partial charge on any atom is 0.127 e. The molecule has 20 heavy (non-hydrogen) atoms. The molecule has 0 saturated carbocycles. The number of aliphatic hydroxyl groups excluding tert-OH is 1. The van der Waals surface area contributed by atoms with Crippen LogP contribution in [-0.4, -0.2) is 5.11 Å². The highest BCUT2D eigenvalue weighted by Crippen LogP contribution is 2.29. The molecule has 2 aromatic carbocycles. The first kappa shape index (κ1) is 14.6. The monoisotopic (exact) mass is 270 g/mol. The molecular formula is C18H22O2. The van der Waals surface area contributed by atoms with Crippen LogP contribution in [0.3, 0.4) is 0 Å². The van der Waals surface area contributed by atoms with E-state index in [1.54, 1.807) is 0 Å². The van der Waals surface area contributed by atoms with Crippen molar-refractivity contribution in [3.05, 3.63) is 59.2 Å². The largest absolute Gasteiger partial charge is 0.457 e. The average Bonchev–Trinajstić information content (AvgIpc) is 2.38. The summed E-state index contributed by atoms with van der Waals surface area (Å²) in [7, 11) is 0. The summed E-state index contributed by atoms with van der Waals surface area (Å²) in [4.78, 5) is 0. The van der Waals surface area contributed by atoms with Crippen LogP contribution in [0.5, 0.6) is 11.5 Å². The van der Waals surface area contributed by atoms with E-state index >= 15 is 0 Å². The molecule has 2 aromatic rings. The van der Waals surface area contributed by atoms with Gasteiger partial charge in [0, 0.05) is 0 Å². The Kier molecular flexibility index (Phi) is 4.15. The van der Waals surface area contributed by atoms with Crippen LogP contribution < -0.4 is 4.74 Å². The van der Waals surface area contributed by atoms with Crippen molar-refractivity contribution in [1.29, 1.82) is 0 Å². The minimum atomic E-state index is 0.0611. The Hall–Kier alpha value is -1.80. The van der Waals surface area contributed by atoms with Gasteiger partial charge in [0.2, 0.25) is 0 Å². The third kappa shape index (κ3) is 3.40. The van der Waals surface area contributed by atoms with Gasteiger partial charge in [0.15, 0.2) is 0 Å². The first-order valence-corrected chi connectivity index (χ1v) is 6.89. The molecule has 0 fully saturated rings. The number of aryl methyl sites for hydroxylation is 1. The molecule has 1 N–H and O–H groups in total. The van der Waals surface area contributed by atoms with Crippen molar-refractivity contribution in [2.75, 3.05) is 0 Å². The number of benzene rings is 2. The van der Waals surface area contributed by atoms with E-state index in [4.69, 9.17) is 4.74 Å². The van der Waals surface area contributed by atoms with Gasteiger partial charge >= 0.3 is 0 Å². The van der Waals surface area contributed by atoms with Crippen LogP contribution in [-0.2, 0) is 12.0 Å². The fraction of sp³-hybridized carbons (Fsp3) is 0.333. The van der Waals surface area contributed by atoms with Crippen molar-refractivity contribution in [2.45, 2.75) is 39.7 Å². The fourth-order valence-electron chi connectivity index (χ4n) is 2.07. The Morgan fingerprint density at radius 1 is 1.00 bits per heavy atom. The highest BCUT2D eigenvalue weighted by Gasteiger charge is 2.14. The molecule has 0 unspecified atom stereocenters. The van der Waals surface area contributed by atoms with Crippen molar-refractivity contribution in [2.24, 2.45) is 0 Å². The zero-order valence-electron chi connectivity index (χ0n) is 12.6. The van der Waals surface area contributed by atoms with Crippen LogP contribution >= 0.6 is 0 Å². The van der Waals surface area contributed by atoms with Crippen molar-refractivity contribution < 1.29 is 9.84 Å². The molecule has 0 radical (unpaired) electrons. The maximum absolute atomic E-state index is 9.18. The molecule has 106 valence electrons. The normalized spacial score (nSPS) is 11.4. The summed E-state index contributed by atoms with van der Waals surface area (Å²) in [5.41, 5.74) is 3.33. The second-order valence-electron chi connectivity index (χ2n) is 6.13. The van der Waals surface area contributed by atoms with Gasteiger partial charge in [-0.15, -0.1) is 0 Å². The Morgan fingerprint density at radius 2 is 1.70 bits per heavy atom. The Balaban J connectivity index is 2.24. The van der Waals surface area contributed by atoms with Gasteiger partial charge in [-0.2, -0.15) is 0 Å². The van der Waals surface area contributed by atoms with Gasteiger partial charge in [-0.3, -0.25) is 0 Å². The van der Waals surface area contributed by atoms with Crippen molar-refractivity contribution >= 4 is 0 Å². The molecule has 0 aliphatic heterocycles. The molecule has 0 atom stereocenters. The van der Waals surface area contributed by atoms with Gasteiger partial charge in [-0.1, -0.05) is 39.0 Å². The predicted octanol–water partition coefficient (Wildman–Crippen LogP) is 4.58. The standard InChI is InChI=1S/C18H22O2/c1-13-10-17(9-8-14(13)12-19)20-16-7-5-6-15(11-16)18(2,3)4/h5-11,19H,12H2,1-4H3. The summed E-state index contributed by atoms with van der Waals surface area (Å²) in [5, 5.41) is 9.18. The molecule has 0 heterocycles. The van der Waals surface area contributed by atoms with Gasteiger partial charge in [-0.05, 0) is 53.3 Å². The highest BCUT2D eigenvalue weighted by molar-refractivity contribution is 5.39. The minimum Gasteiger partial charge on any atom is -0.457 e. The molecule has 2 rings (SSSR count). The molecule has 2 heteroatoms. The number of ether oxygens (including phenoxy) is 1. The number of hydrogen-bond acceptors (Lipinski definition) is 2. The summed E-state index contributed by atoms with van der Waals surface area (Å²) in [6.07, 6.45) is 0. The average molecular weight is 270 g/mol. The second-order valence-corrected chi connectivity index (χ2v) is 6.13. The summed E-state index contributed by atoms with van der Waals surface area (Å²) in [5.74, 6) is 1.64. The summed E-state index contributed by atoms with van der Waals surface area (Å²) in [6, 6.07) is 13.9. The van der Waals surface area contributed by atoms with Crippen molar-refractivity contribution in [1.82, 2.24) is 0 Å². The molecule has 2 nitrogen and oxygen atoms in total. The maximum atomic E-state index is 9.18. The van der Waals surface area contributed by atoms with Gasteiger partial charge in [0.05, 0.1) is 6.61 Å². The summed E-state index contributed by atoms with van der Waals surface area (Å²) < 4.78 is 5.91. The smallest absolute Gasteiger partial charge is 0.127 e. The Labute approximate surface area is 121 Å². The molecule has 0 bridgehead atoms. The molecule has 0 spiro atoms. The molecule has 0 aliphatic carbocycles. The third-order valence-electron chi connectivity index (χ3n) is 3.42. The van der Waals surface area contributed by atoms with Crippen LogP contribution in [0.1, 0.15) is 37.5 Å². The second kappa shape index (κ2) is 5.68. The topological polar surface area (TPSA) is 29.5 Å². The van der Waals surface area contributed by atoms with Gasteiger partial charge in [0.25, 0.3) is 0 Å². The number of aliphatic hydroxyl groups is 1. The van der Waals surface area contributed by atoms with Crippen LogP contribution in [0.25, 0.3) is 0 Å². The zero-order valence-corrected chi connectivity index (χ0v) is 12.6. The van der Waals surface area contributed by atoms with E-state index in [9.17, 15) is 5.11 Å². The fourth-order valence-corrected chi connectivity index (χ4v) is 2.07. The predicted molar refractivity (Wildman–Crippen MR) is 82.3 cm³/mol. The quantitative estimate of drug-likeness (QED) is 0.884. The Bertz CT molecular complexity index is 595. The molecule has 0 aliphatic rings. The lowest BCUT2D eigenvalue weighted by atomic mass is 9.87. The highest BCUT2D eigenvalue weighted by atomic mass is 16.5. The van der Waals surface area contributed by atoms with Crippen LogP contribution in [0.2, 0.25) is 0 Å². The van der Waals surface area contributed by atoms with Crippen LogP contribution in [0.15, 0.2) is 42.5 Å². The van der Waals surface area contributed by atoms with Gasteiger partial charge < -0.3 is 9.84 Å². The van der Waals surface area contributed by atoms with Gasteiger partial charge in [0.1, 0.15) is 11.5 Å². The summed E-state index contributed by atoms with van der Waals surface area (Å²) >= 11 is 0. The van der Waals surface area contributed by atoms with E-state index in [1.807, 2.05) is 37.3 Å². The van der Waals surface area contributed by atoms with E-state index in [2.05, 4.69) is 32.9 Å². The third-order valence-corrected chi connectivity index (χ3v) is 3.42. The van der Waals surface area contributed by atoms with Crippen molar-refractivity contribution in [3.8, 4) is 11.5 Å². The first-order valence-electron chi connectivity index (χ1n) is 6.89. The number of hydrogen-bond donors (Lipinski definition) is 1. The lowest BCUT2D eigenvalue weighted by Gasteiger charge is -2.19.